The summed E-state index contributed by atoms with van der Waals surface area (Å²) in [6, 6.07) is 10.7. The number of fused-ring (bicyclic) bond motifs is 4. The van der Waals surface area contributed by atoms with E-state index in [0.717, 1.165) is 26.6 Å². The fourth-order valence-electron chi connectivity index (χ4n) is 3.53. The van der Waals surface area contributed by atoms with Gasteiger partial charge in [-0.15, -0.1) is 0 Å². The van der Waals surface area contributed by atoms with Crippen LogP contribution in [0.5, 0.6) is 5.75 Å². The molecule has 24 heavy (non-hydrogen) atoms. The number of carbonyl (C=O) groups excluding carboxylic acids is 1. The number of phenols is 1. The highest BCUT2D eigenvalue weighted by molar-refractivity contribution is 9.10. The Bertz CT molecular complexity index is 1090. The zero-order valence-electron chi connectivity index (χ0n) is 13.1. The Morgan fingerprint density at radius 1 is 1.25 bits per heavy atom. The predicted octanol–water partition coefficient (Wildman–Crippen LogP) is 4.38. The summed E-state index contributed by atoms with van der Waals surface area (Å²) in [7, 11) is 0. The van der Waals surface area contributed by atoms with Gasteiger partial charge in [0.25, 0.3) is 0 Å². The Morgan fingerprint density at radius 3 is 2.71 bits per heavy atom. The van der Waals surface area contributed by atoms with Crippen LogP contribution >= 0.6 is 15.9 Å². The molecule has 0 aliphatic heterocycles. The van der Waals surface area contributed by atoms with Gasteiger partial charge in [-0.3, -0.25) is 4.79 Å². The molecule has 0 unspecified atom stereocenters. The third-order valence-corrected chi connectivity index (χ3v) is 5.28. The highest BCUT2D eigenvalue weighted by Gasteiger charge is 2.40. The van der Waals surface area contributed by atoms with E-state index in [1.165, 1.54) is 12.1 Å². The zero-order valence-corrected chi connectivity index (χ0v) is 14.7. The lowest BCUT2D eigenvalue weighted by molar-refractivity contribution is 0.103. The van der Waals surface area contributed by atoms with Crippen molar-refractivity contribution in [1.29, 1.82) is 5.26 Å². The van der Waals surface area contributed by atoms with Gasteiger partial charge in [0.1, 0.15) is 11.8 Å². The molecule has 0 amide bonds. The maximum Gasteiger partial charge on any atom is 0.195 e. The molecule has 1 aromatic heterocycles. The zero-order chi connectivity index (χ0) is 17.2. The van der Waals surface area contributed by atoms with E-state index in [2.05, 4.69) is 20.9 Å². The first-order chi connectivity index (χ1) is 11.3. The number of ketones is 1. The van der Waals surface area contributed by atoms with Gasteiger partial charge in [-0.2, -0.15) is 5.26 Å². The molecule has 0 saturated heterocycles. The van der Waals surface area contributed by atoms with Crippen LogP contribution in [-0.2, 0) is 5.41 Å². The molecule has 0 bridgehead atoms. The van der Waals surface area contributed by atoms with Crippen molar-refractivity contribution in [3.05, 3.63) is 62.8 Å². The van der Waals surface area contributed by atoms with E-state index in [-0.39, 0.29) is 17.1 Å². The third-order valence-electron chi connectivity index (χ3n) is 4.79. The number of benzene rings is 2. The largest absolute Gasteiger partial charge is 0.507 e. The molecule has 4 nitrogen and oxygen atoms in total. The van der Waals surface area contributed by atoms with Crippen LogP contribution in [0, 0.1) is 11.3 Å². The van der Waals surface area contributed by atoms with Gasteiger partial charge in [-0.1, -0.05) is 35.8 Å². The number of halogens is 1. The topological polar surface area (TPSA) is 76.9 Å². The van der Waals surface area contributed by atoms with Gasteiger partial charge < -0.3 is 10.1 Å². The van der Waals surface area contributed by atoms with Gasteiger partial charge in [0.05, 0.1) is 11.1 Å². The molecular formula is C19H13BrN2O2. The minimum Gasteiger partial charge on any atom is -0.507 e. The van der Waals surface area contributed by atoms with Crippen LogP contribution in [-0.4, -0.2) is 15.9 Å². The van der Waals surface area contributed by atoms with Crippen molar-refractivity contribution in [3.63, 3.8) is 0 Å². The fourth-order valence-corrected chi connectivity index (χ4v) is 3.89. The summed E-state index contributed by atoms with van der Waals surface area (Å²) in [4.78, 5) is 16.5. The highest BCUT2D eigenvalue weighted by atomic mass is 79.9. The molecule has 1 aliphatic rings. The number of nitriles is 1. The van der Waals surface area contributed by atoms with Gasteiger partial charge in [-0.05, 0) is 29.8 Å². The molecule has 118 valence electrons. The Morgan fingerprint density at radius 2 is 2.00 bits per heavy atom. The van der Waals surface area contributed by atoms with E-state index in [1.54, 1.807) is 0 Å². The van der Waals surface area contributed by atoms with Crippen LogP contribution in [0.3, 0.4) is 0 Å². The lowest BCUT2D eigenvalue weighted by Gasteiger charge is -2.32. The van der Waals surface area contributed by atoms with E-state index in [0.29, 0.717) is 11.1 Å². The Balaban J connectivity index is 2.11. The lowest BCUT2D eigenvalue weighted by Crippen LogP contribution is -2.30. The Labute approximate surface area is 146 Å². The molecule has 2 N–H and O–H groups in total. The van der Waals surface area contributed by atoms with Crippen LogP contribution in [0.2, 0.25) is 0 Å². The number of hydrogen-bond acceptors (Lipinski definition) is 3. The van der Waals surface area contributed by atoms with Crippen molar-refractivity contribution in [2.24, 2.45) is 0 Å². The summed E-state index contributed by atoms with van der Waals surface area (Å²) < 4.78 is 0.931. The van der Waals surface area contributed by atoms with Crippen LogP contribution in [0.15, 0.2) is 34.8 Å². The molecule has 1 aliphatic carbocycles. The summed E-state index contributed by atoms with van der Waals surface area (Å²) in [6.45, 7) is 4.01. The number of phenolic OH excluding ortho intramolecular Hbond substituents is 1. The monoisotopic (exact) mass is 380 g/mol. The molecule has 3 aromatic rings. The standard InChI is InChI=1S/C19H13BrN2O2/c1-19(2)13-7-15(23)9(8-21)5-12(13)17(24)16-11-4-3-10(20)6-14(11)22-18(16)19/h3-7,22-23H,1-2H3. The smallest absolute Gasteiger partial charge is 0.195 e. The summed E-state index contributed by atoms with van der Waals surface area (Å²) in [5, 5.41) is 20.1. The molecular weight excluding hydrogens is 368 g/mol. The minimum atomic E-state index is -0.491. The summed E-state index contributed by atoms with van der Waals surface area (Å²) in [5.41, 5.74) is 3.18. The maximum atomic E-state index is 13.1. The van der Waals surface area contributed by atoms with Crippen LogP contribution in [0.4, 0.5) is 0 Å². The van der Waals surface area contributed by atoms with Crippen molar-refractivity contribution in [3.8, 4) is 11.8 Å². The number of aromatic nitrogens is 1. The number of hydrogen-bond donors (Lipinski definition) is 2. The molecule has 0 atom stereocenters. The highest BCUT2D eigenvalue weighted by Crippen LogP contribution is 2.45. The number of rotatable bonds is 0. The van der Waals surface area contributed by atoms with Gasteiger partial charge in [0, 0.05) is 32.0 Å². The number of nitrogens with one attached hydrogen (secondary N) is 1. The Hall–Kier alpha value is -2.58. The molecule has 0 fully saturated rings. The summed E-state index contributed by atoms with van der Waals surface area (Å²) >= 11 is 3.45. The normalized spacial score (nSPS) is 15.0. The number of aromatic hydroxyl groups is 1. The molecule has 5 heteroatoms. The molecule has 0 saturated carbocycles. The average molecular weight is 381 g/mol. The predicted molar refractivity (Wildman–Crippen MR) is 94.4 cm³/mol. The Kier molecular flexibility index (Phi) is 2.94. The van der Waals surface area contributed by atoms with Crippen molar-refractivity contribution >= 4 is 32.6 Å². The number of carbonyl (C=O) groups is 1. The maximum absolute atomic E-state index is 13.1. The second-order valence-corrected chi connectivity index (χ2v) is 7.46. The second kappa shape index (κ2) is 4.71. The van der Waals surface area contributed by atoms with Gasteiger partial charge in [0.2, 0.25) is 0 Å². The van der Waals surface area contributed by atoms with E-state index < -0.39 is 5.41 Å². The van der Waals surface area contributed by atoms with Gasteiger partial charge in [0.15, 0.2) is 5.78 Å². The average Bonchev–Trinajstić information content (AvgIpc) is 2.92. The first kappa shape index (κ1) is 15.0. The summed E-state index contributed by atoms with van der Waals surface area (Å²) in [6.07, 6.45) is 0. The van der Waals surface area contributed by atoms with Crippen molar-refractivity contribution in [2.45, 2.75) is 19.3 Å². The van der Waals surface area contributed by atoms with Crippen LogP contribution in [0.1, 0.15) is 46.6 Å². The summed E-state index contributed by atoms with van der Waals surface area (Å²) in [5.74, 6) is -0.219. The van der Waals surface area contributed by atoms with Crippen molar-refractivity contribution < 1.29 is 9.90 Å². The van der Waals surface area contributed by atoms with Crippen molar-refractivity contribution in [2.75, 3.05) is 0 Å². The van der Waals surface area contributed by atoms with E-state index in [9.17, 15) is 9.90 Å². The molecule has 0 spiro atoms. The number of nitrogens with zero attached hydrogens (tertiary/aromatic N) is 1. The van der Waals surface area contributed by atoms with E-state index in [4.69, 9.17) is 5.26 Å². The molecule has 4 rings (SSSR count). The van der Waals surface area contributed by atoms with Gasteiger partial charge >= 0.3 is 0 Å². The molecule has 2 aromatic carbocycles. The second-order valence-electron chi connectivity index (χ2n) is 6.55. The molecule has 0 radical (unpaired) electrons. The minimum absolute atomic E-state index is 0.0977. The quantitative estimate of drug-likeness (QED) is 0.607. The fraction of sp³-hybridized carbons (Fsp3) is 0.158. The van der Waals surface area contributed by atoms with Crippen LogP contribution < -0.4 is 0 Å². The lowest BCUT2D eigenvalue weighted by atomic mass is 9.71. The van der Waals surface area contributed by atoms with Gasteiger partial charge in [-0.25, -0.2) is 0 Å². The molecule has 1 heterocycles. The SMILES string of the molecule is CC1(C)c2cc(O)c(C#N)cc2C(=O)c2c1[nH]c1cc(Br)ccc21. The number of aromatic amines is 1. The number of H-pyrrole nitrogens is 1. The van der Waals surface area contributed by atoms with E-state index in [1.807, 2.05) is 38.1 Å². The van der Waals surface area contributed by atoms with Crippen molar-refractivity contribution in [1.82, 2.24) is 4.98 Å². The first-order valence-corrected chi connectivity index (χ1v) is 8.28. The third kappa shape index (κ3) is 1.80. The van der Waals surface area contributed by atoms with Crippen LogP contribution in [0.25, 0.3) is 10.9 Å². The van der Waals surface area contributed by atoms with E-state index >= 15 is 0 Å². The first-order valence-electron chi connectivity index (χ1n) is 7.48.